The fourth-order valence-corrected chi connectivity index (χ4v) is 1.36. The molecule has 72 valence electrons. The summed E-state index contributed by atoms with van der Waals surface area (Å²) in [6.45, 7) is 0.159. The van der Waals surface area contributed by atoms with Crippen LogP contribution in [0.15, 0.2) is 0 Å². The summed E-state index contributed by atoms with van der Waals surface area (Å²) < 4.78 is 42.2. The first-order valence-electron chi connectivity index (χ1n) is 3.85. The van der Waals surface area contributed by atoms with E-state index in [1.54, 1.807) is 0 Å². The average Bonchev–Trinajstić information content (AvgIpc) is 2.04. The van der Waals surface area contributed by atoms with Crippen molar-refractivity contribution in [2.45, 2.75) is 24.6 Å². The van der Waals surface area contributed by atoms with Crippen LogP contribution in [0.25, 0.3) is 0 Å². The van der Waals surface area contributed by atoms with Crippen molar-refractivity contribution < 1.29 is 17.9 Å². The maximum Gasteiger partial charge on any atom is 0.408 e. The zero-order chi connectivity index (χ0) is 9.24. The molecular formula is C7H12F3NO. The number of alkyl halides is 3. The van der Waals surface area contributed by atoms with Crippen LogP contribution in [0.3, 0.4) is 0 Å². The third-order valence-corrected chi connectivity index (χ3v) is 2.26. The van der Waals surface area contributed by atoms with Crippen molar-refractivity contribution in [3.05, 3.63) is 0 Å². The number of hydrogen-bond donors (Lipinski definition) is 1. The smallest absolute Gasteiger partial charge is 0.379 e. The molecule has 1 rings (SSSR count). The molecule has 0 aromatic heterocycles. The molecular weight excluding hydrogens is 171 g/mol. The summed E-state index contributed by atoms with van der Waals surface area (Å²) in [5.74, 6) is 0. The van der Waals surface area contributed by atoms with E-state index in [-0.39, 0.29) is 13.0 Å². The van der Waals surface area contributed by atoms with Crippen LogP contribution in [-0.2, 0) is 4.74 Å². The molecule has 1 unspecified atom stereocenters. The van der Waals surface area contributed by atoms with Crippen molar-refractivity contribution >= 4 is 0 Å². The molecule has 1 fully saturated rings. The molecule has 0 aliphatic carbocycles. The molecule has 12 heavy (non-hydrogen) atoms. The first kappa shape index (κ1) is 9.80. The van der Waals surface area contributed by atoms with Crippen LogP contribution in [-0.4, -0.2) is 32.0 Å². The third-order valence-electron chi connectivity index (χ3n) is 2.26. The fraction of sp³-hybridized carbons (Fsp3) is 1.00. The van der Waals surface area contributed by atoms with Gasteiger partial charge < -0.3 is 10.1 Å². The minimum absolute atomic E-state index is 0.104. The number of ether oxygens (including phenoxy) is 1. The zero-order valence-corrected chi connectivity index (χ0v) is 6.87. The largest absolute Gasteiger partial charge is 0.408 e. The molecule has 1 aliphatic rings. The molecule has 1 atom stereocenters. The van der Waals surface area contributed by atoms with Crippen molar-refractivity contribution in [3.8, 4) is 0 Å². The van der Waals surface area contributed by atoms with Crippen molar-refractivity contribution in [1.29, 1.82) is 0 Å². The maximum atomic E-state index is 12.5. The topological polar surface area (TPSA) is 21.3 Å². The zero-order valence-electron chi connectivity index (χ0n) is 6.87. The average molecular weight is 183 g/mol. The molecule has 0 bridgehead atoms. The van der Waals surface area contributed by atoms with E-state index in [2.05, 4.69) is 5.32 Å². The molecule has 2 nitrogen and oxygen atoms in total. The summed E-state index contributed by atoms with van der Waals surface area (Å²) in [5.41, 5.74) is -1.81. The van der Waals surface area contributed by atoms with Gasteiger partial charge in [-0.05, 0) is 19.9 Å². The molecule has 0 saturated carbocycles. The van der Waals surface area contributed by atoms with Gasteiger partial charge in [-0.25, -0.2) is 0 Å². The van der Waals surface area contributed by atoms with Gasteiger partial charge in [-0.15, -0.1) is 0 Å². The van der Waals surface area contributed by atoms with E-state index in [1.165, 1.54) is 7.05 Å². The molecule has 0 aromatic rings. The van der Waals surface area contributed by atoms with E-state index < -0.39 is 11.7 Å². The predicted octanol–water partition coefficient (Wildman–Crippen LogP) is 1.32. The normalized spacial score (nSPS) is 32.0. The van der Waals surface area contributed by atoms with Crippen LogP contribution in [0.2, 0.25) is 0 Å². The van der Waals surface area contributed by atoms with Crippen molar-refractivity contribution in [2.24, 2.45) is 0 Å². The van der Waals surface area contributed by atoms with Gasteiger partial charge >= 0.3 is 6.18 Å². The Morgan fingerprint density at radius 1 is 1.42 bits per heavy atom. The number of hydrogen-bond acceptors (Lipinski definition) is 2. The highest BCUT2D eigenvalue weighted by Crippen LogP contribution is 2.36. The van der Waals surface area contributed by atoms with Crippen molar-refractivity contribution in [2.75, 3.05) is 20.3 Å². The lowest BCUT2D eigenvalue weighted by atomic mass is 9.92. The van der Waals surface area contributed by atoms with Crippen molar-refractivity contribution in [3.63, 3.8) is 0 Å². The minimum atomic E-state index is -4.22. The summed E-state index contributed by atoms with van der Waals surface area (Å²) in [6.07, 6.45) is -3.66. The molecule has 0 spiro atoms. The highest BCUT2D eigenvalue weighted by Gasteiger charge is 2.54. The molecule has 0 amide bonds. The van der Waals surface area contributed by atoms with E-state index in [0.29, 0.717) is 13.0 Å². The lowest BCUT2D eigenvalue weighted by molar-refractivity contribution is -0.221. The Balaban J connectivity index is 2.73. The Labute approximate surface area is 69.1 Å². The van der Waals surface area contributed by atoms with Crippen LogP contribution >= 0.6 is 0 Å². The van der Waals surface area contributed by atoms with Crippen LogP contribution in [0.4, 0.5) is 13.2 Å². The summed E-state index contributed by atoms with van der Waals surface area (Å²) in [5, 5.41) is 2.31. The van der Waals surface area contributed by atoms with Crippen LogP contribution in [0, 0.1) is 0 Å². The van der Waals surface area contributed by atoms with Gasteiger partial charge in [0.05, 0.1) is 6.61 Å². The van der Waals surface area contributed by atoms with Crippen molar-refractivity contribution in [1.82, 2.24) is 5.32 Å². The first-order valence-corrected chi connectivity index (χ1v) is 3.85. The summed E-state index contributed by atoms with van der Waals surface area (Å²) in [7, 11) is 1.32. The molecule has 0 aromatic carbocycles. The van der Waals surface area contributed by atoms with E-state index in [1.807, 2.05) is 0 Å². The van der Waals surface area contributed by atoms with Gasteiger partial charge in [0.1, 0.15) is 5.54 Å². The van der Waals surface area contributed by atoms with Gasteiger partial charge in [0.25, 0.3) is 0 Å². The SMILES string of the molecule is CNC1(C(F)(F)F)CCCOC1. The summed E-state index contributed by atoms with van der Waals surface area (Å²) in [6, 6.07) is 0. The Kier molecular flexibility index (Phi) is 2.63. The Morgan fingerprint density at radius 2 is 2.08 bits per heavy atom. The molecule has 1 heterocycles. The quantitative estimate of drug-likeness (QED) is 0.662. The van der Waals surface area contributed by atoms with E-state index in [0.717, 1.165) is 0 Å². The summed E-state index contributed by atoms with van der Waals surface area (Å²) in [4.78, 5) is 0. The second kappa shape index (κ2) is 3.22. The molecule has 0 radical (unpaired) electrons. The third kappa shape index (κ3) is 1.56. The highest BCUT2D eigenvalue weighted by atomic mass is 19.4. The second-order valence-corrected chi connectivity index (χ2v) is 2.99. The van der Waals surface area contributed by atoms with E-state index in [4.69, 9.17) is 4.74 Å². The maximum absolute atomic E-state index is 12.5. The molecule has 5 heteroatoms. The first-order chi connectivity index (χ1) is 5.52. The minimum Gasteiger partial charge on any atom is -0.379 e. The summed E-state index contributed by atoms with van der Waals surface area (Å²) >= 11 is 0. The monoisotopic (exact) mass is 183 g/mol. The highest BCUT2D eigenvalue weighted by molar-refractivity contribution is 4.95. The fourth-order valence-electron chi connectivity index (χ4n) is 1.36. The van der Waals surface area contributed by atoms with Crippen LogP contribution in [0.1, 0.15) is 12.8 Å². The van der Waals surface area contributed by atoms with Gasteiger partial charge in [0, 0.05) is 6.61 Å². The number of nitrogens with one attached hydrogen (secondary N) is 1. The number of likely N-dealkylation sites (N-methyl/N-ethyl adjacent to an activating group) is 1. The Morgan fingerprint density at radius 3 is 2.33 bits per heavy atom. The lowest BCUT2D eigenvalue weighted by Gasteiger charge is -2.38. The van der Waals surface area contributed by atoms with Crippen LogP contribution < -0.4 is 5.32 Å². The number of rotatable bonds is 1. The second-order valence-electron chi connectivity index (χ2n) is 2.99. The standard InChI is InChI=1S/C7H12F3NO/c1-11-6(7(8,9)10)3-2-4-12-5-6/h11H,2-5H2,1H3. The van der Waals surface area contributed by atoms with Gasteiger partial charge in [-0.2, -0.15) is 13.2 Å². The van der Waals surface area contributed by atoms with Gasteiger partial charge in [-0.1, -0.05) is 0 Å². The van der Waals surface area contributed by atoms with Gasteiger partial charge in [0.15, 0.2) is 0 Å². The Hall–Kier alpha value is -0.290. The molecule has 1 saturated heterocycles. The van der Waals surface area contributed by atoms with E-state index >= 15 is 0 Å². The van der Waals surface area contributed by atoms with Gasteiger partial charge in [0.2, 0.25) is 0 Å². The Bertz CT molecular complexity index is 151. The predicted molar refractivity (Wildman–Crippen MR) is 37.9 cm³/mol. The molecule has 1 N–H and O–H groups in total. The number of halogens is 3. The van der Waals surface area contributed by atoms with E-state index in [9.17, 15) is 13.2 Å². The van der Waals surface area contributed by atoms with Crippen LogP contribution in [0.5, 0.6) is 0 Å². The molecule has 1 aliphatic heterocycles. The lowest BCUT2D eigenvalue weighted by Crippen LogP contribution is -2.60. The van der Waals surface area contributed by atoms with Gasteiger partial charge in [-0.3, -0.25) is 0 Å².